The first-order chi connectivity index (χ1) is 18.3. The van der Waals surface area contributed by atoms with Crippen LogP contribution in [0.25, 0.3) is 0 Å². The lowest BCUT2D eigenvalue weighted by Crippen LogP contribution is -2.60. The SMILES string of the molecule is CCOC(=O)[C@H](COCc1ccccc1)NC(=O)C(C)(C)NC(=O)[C@@H](SC(=O)CN1CCOCC1)C(C)(C)C. The first kappa shape index (κ1) is 32.7. The van der Waals surface area contributed by atoms with Crippen molar-refractivity contribution in [1.29, 1.82) is 0 Å². The lowest BCUT2D eigenvalue weighted by atomic mass is 9.90. The highest BCUT2D eigenvalue weighted by molar-refractivity contribution is 8.14. The summed E-state index contributed by atoms with van der Waals surface area (Å²) in [5.41, 5.74) is -1.01. The molecule has 218 valence electrons. The molecule has 39 heavy (non-hydrogen) atoms. The lowest BCUT2D eigenvalue weighted by Gasteiger charge is -2.34. The Labute approximate surface area is 235 Å². The zero-order valence-corrected chi connectivity index (χ0v) is 24.7. The summed E-state index contributed by atoms with van der Waals surface area (Å²) in [6, 6.07) is 8.39. The van der Waals surface area contributed by atoms with Crippen molar-refractivity contribution in [3.63, 3.8) is 0 Å². The molecule has 1 heterocycles. The van der Waals surface area contributed by atoms with Gasteiger partial charge in [-0.2, -0.15) is 0 Å². The van der Waals surface area contributed by atoms with Gasteiger partial charge < -0.3 is 24.8 Å². The predicted octanol–water partition coefficient (Wildman–Crippen LogP) is 2.15. The monoisotopic (exact) mass is 565 g/mol. The number of rotatable bonds is 13. The molecule has 2 N–H and O–H groups in total. The summed E-state index contributed by atoms with van der Waals surface area (Å²) in [6.07, 6.45) is 0. The Morgan fingerprint density at radius 3 is 2.28 bits per heavy atom. The number of carbonyl (C=O) groups excluding carboxylic acids is 4. The van der Waals surface area contributed by atoms with Gasteiger partial charge in [-0.15, -0.1) is 0 Å². The van der Waals surface area contributed by atoms with Crippen LogP contribution in [0.3, 0.4) is 0 Å². The molecule has 0 spiro atoms. The molecule has 11 heteroatoms. The van der Waals surface area contributed by atoms with E-state index in [-0.39, 0.29) is 31.5 Å². The zero-order valence-electron chi connectivity index (χ0n) is 23.9. The number of nitrogens with zero attached hydrogens (tertiary/aromatic N) is 1. The molecular weight excluding hydrogens is 522 g/mol. The van der Waals surface area contributed by atoms with Crippen molar-refractivity contribution in [2.45, 2.75) is 65.0 Å². The first-order valence-electron chi connectivity index (χ1n) is 13.2. The number of ether oxygens (including phenoxy) is 3. The van der Waals surface area contributed by atoms with E-state index in [9.17, 15) is 19.2 Å². The number of carbonyl (C=O) groups is 4. The van der Waals surface area contributed by atoms with Crippen LogP contribution in [0.2, 0.25) is 0 Å². The molecule has 1 saturated heterocycles. The molecule has 1 aromatic carbocycles. The van der Waals surface area contributed by atoms with E-state index >= 15 is 0 Å². The van der Waals surface area contributed by atoms with Gasteiger partial charge in [0, 0.05) is 13.1 Å². The average Bonchev–Trinajstić information content (AvgIpc) is 2.87. The van der Waals surface area contributed by atoms with Gasteiger partial charge in [0.1, 0.15) is 5.54 Å². The van der Waals surface area contributed by atoms with Gasteiger partial charge in [-0.05, 0) is 31.7 Å². The van der Waals surface area contributed by atoms with Crippen LogP contribution in [0.1, 0.15) is 47.1 Å². The third-order valence-corrected chi connectivity index (χ3v) is 7.56. The molecule has 0 radical (unpaired) electrons. The summed E-state index contributed by atoms with van der Waals surface area (Å²) in [7, 11) is 0. The summed E-state index contributed by atoms with van der Waals surface area (Å²) in [6.45, 7) is 13.4. The molecule has 2 atom stereocenters. The molecule has 1 aromatic rings. The summed E-state index contributed by atoms with van der Waals surface area (Å²) in [5.74, 6) is -1.64. The number of nitrogens with one attached hydrogen (secondary N) is 2. The van der Waals surface area contributed by atoms with Gasteiger partial charge in [-0.1, -0.05) is 62.9 Å². The molecule has 1 aliphatic heterocycles. The van der Waals surface area contributed by atoms with Crippen LogP contribution >= 0.6 is 11.8 Å². The number of amides is 2. The Balaban J connectivity index is 2.02. The maximum Gasteiger partial charge on any atom is 0.331 e. The predicted molar refractivity (Wildman–Crippen MR) is 150 cm³/mol. The van der Waals surface area contributed by atoms with E-state index in [4.69, 9.17) is 14.2 Å². The second-order valence-corrected chi connectivity index (χ2v) is 12.2. The van der Waals surface area contributed by atoms with E-state index in [2.05, 4.69) is 10.6 Å². The van der Waals surface area contributed by atoms with Crippen LogP contribution in [0, 0.1) is 5.41 Å². The first-order valence-corrected chi connectivity index (χ1v) is 14.1. The van der Waals surface area contributed by atoms with E-state index < -0.39 is 40.0 Å². The number of thioether (sulfide) groups is 1. The Morgan fingerprint density at radius 1 is 1.05 bits per heavy atom. The lowest BCUT2D eigenvalue weighted by molar-refractivity contribution is -0.150. The fraction of sp³-hybridized carbons (Fsp3) is 0.643. The van der Waals surface area contributed by atoms with Gasteiger partial charge in [-0.25, -0.2) is 4.79 Å². The van der Waals surface area contributed by atoms with Gasteiger partial charge in [0.05, 0.1) is 44.8 Å². The largest absolute Gasteiger partial charge is 0.464 e. The van der Waals surface area contributed by atoms with Crippen LogP contribution < -0.4 is 10.6 Å². The summed E-state index contributed by atoms with van der Waals surface area (Å²) in [5, 5.41) is 4.59. The number of esters is 1. The van der Waals surface area contributed by atoms with E-state index in [1.165, 1.54) is 0 Å². The maximum atomic E-state index is 13.4. The summed E-state index contributed by atoms with van der Waals surface area (Å²) in [4.78, 5) is 54.0. The number of hydrogen-bond acceptors (Lipinski definition) is 9. The minimum Gasteiger partial charge on any atom is -0.464 e. The Hall–Kier alpha value is -2.47. The van der Waals surface area contributed by atoms with Gasteiger partial charge in [0.15, 0.2) is 6.04 Å². The molecule has 0 saturated carbocycles. The number of benzene rings is 1. The Kier molecular flexibility index (Phi) is 12.9. The molecule has 2 rings (SSSR count). The third kappa shape index (κ3) is 11.3. The van der Waals surface area contributed by atoms with Crippen molar-refractivity contribution in [2.24, 2.45) is 5.41 Å². The van der Waals surface area contributed by atoms with Crippen LogP contribution in [-0.2, 0) is 40.0 Å². The number of hydrogen-bond donors (Lipinski definition) is 2. The molecule has 10 nitrogen and oxygen atoms in total. The van der Waals surface area contributed by atoms with E-state index in [1.54, 1.807) is 20.8 Å². The van der Waals surface area contributed by atoms with Crippen LogP contribution in [0.15, 0.2) is 30.3 Å². The zero-order chi connectivity index (χ0) is 29.1. The van der Waals surface area contributed by atoms with Crippen LogP contribution in [-0.4, -0.2) is 90.7 Å². The van der Waals surface area contributed by atoms with Crippen molar-refractivity contribution in [3.05, 3.63) is 35.9 Å². The minimum absolute atomic E-state index is 0.0972. The fourth-order valence-electron chi connectivity index (χ4n) is 3.78. The third-order valence-electron chi connectivity index (χ3n) is 6.01. The highest BCUT2D eigenvalue weighted by atomic mass is 32.2. The van der Waals surface area contributed by atoms with Crippen molar-refractivity contribution in [2.75, 3.05) is 46.1 Å². The van der Waals surface area contributed by atoms with Gasteiger partial charge >= 0.3 is 5.97 Å². The van der Waals surface area contributed by atoms with Crippen molar-refractivity contribution in [1.82, 2.24) is 15.5 Å². The Bertz CT molecular complexity index is 960. The van der Waals surface area contributed by atoms with Crippen LogP contribution in [0.4, 0.5) is 0 Å². The fourth-order valence-corrected chi connectivity index (χ4v) is 4.82. The summed E-state index contributed by atoms with van der Waals surface area (Å²) < 4.78 is 16.1. The van der Waals surface area contributed by atoms with Crippen molar-refractivity contribution in [3.8, 4) is 0 Å². The molecular formula is C28H43N3O7S. The van der Waals surface area contributed by atoms with E-state index in [0.29, 0.717) is 26.3 Å². The van der Waals surface area contributed by atoms with Gasteiger partial charge in [0.25, 0.3) is 0 Å². The quantitative estimate of drug-likeness (QED) is 0.346. The second-order valence-electron chi connectivity index (χ2n) is 11.0. The highest BCUT2D eigenvalue weighted by Crippen LogP contribution is 2.32. The molecule has 0 unspecified atom stereocenters. The highest BCUT2D eigenvalue weighted by Gasteiger charge is 2.40. The standard InChI is InChI=1S/C28H43N3O7S/c1-7-38-25(34)21(19-37-18-20-11-9-8-10-12-20)29-26(35)28(5,6)30-24(33)23(27(2,3)4)39-22(32)17-31-13-15-36-16-14-31/h8-12,21,23H,7,13-19H2,1-6H3,(H,29,35)(H,30,33)/t21-,23+/m0/s1. The smallest absolute Gasteiger partial charge is 0.331 e. The molecule has 0 bridgehead atoms. The Morgan fingerprint density at radius 2 is 1.69 bits per heavy atom. The molecule has 1 fully saturated rings. The van der Waals surface area contributed by atoms with Crippen LogP contribution in [0.5, 0.6) is 0 Å². The summed E-state index contributed by atoms with van der Waals surface area (Å²) >= 11 is 0.981. The second kappa shape index (κ2) is 15.4. The van der Waals surface area contributed by atoms with Crippen molar-refractivity contribution < 1.29 is 33.4 Å². The minimum atomic E-state index is -1.38. The van der Waals surface area contributed by atoms with Gasteiger partial charge in [-0.3, -0.25) is 19.3 Å². The van der Waals surface area contributed by atoms with Gasteiger partial charge in [0.2, 0.25) is 16.9 Å². The topological polar surface area (TPSA) is 123 Å². The normalized spacial score (nSPS) is 16.2. The van der Waals surface area contributed by atoms with Crippen molar-refractivity contribution >= 4 is 34.7 Å². The molecule has 2 amide bonds. The molecule has 1 aliphatic rings. The van der Waals surface area contributed by atoms with E-state index in [0.717, 1.165) is 17.3 Å². The average molecular weight is 566 g/mol. The number of morpholine rings is 1. The molecule has 0 aromatic heterocycles. The maximum absolute atomic E-state index is 13.4. The molecule has 0 aliphatic carbocycles. The van der Waals surface area contributed by atoms with E-state index in [1.807, 2.05) is 56.0 Å².